The van der Waals surface area contributed by atoms with Crippen LogP contribution >= 0.6 is 38.9 Å². The van der Waals surface area contributed by atoms with Crippen molar-refractivity contribution >= 4 is 44.8 Å². The zero-order chi connectivity index (χ0) is 12.3. The van der Waals surface area contributed by atoms with Crippen molar-refractivity contribution in [2.45, 2.75) is 0 Å². The van der Waals surface area contributed by atoms with Gasteiger partial charge in [0.05, 0.1) is 5.02 Å². The van der Waals surface area contributed by atoms with E-state index >= 15 is 0 Å². The highest BCUT2D eigenvalue weighted by Crippen LogP contribution is 2.24. The van der Waals surface area contributed by atoms with Crippen molar-refractivity contribution < 1.29 is 4.79 Å². The lowest BCUT2D eigenvalue weighted by molar-refractivity contribution is 0.0650. The Morgan fingerprint density at radius 3 is 2.65 bits per heavy atom. The molecular formula is C11H14BrClN2OS. The molecule has 1 aromatic rings. The Bertz CT molecular complexity index is 391. The smallest absolute Gasteiger partial charge is 0.265 e. The Labute approximate surface area is 118 Å². The molecule has 6 heteroatoms. The Balaban J connectivity index is 1.93. The minimum atomic E-state index is 0.0727. The van der Waals surface area contributed by atoms with Crippen molar-refractivity contribution in [3.8, 4) is 0 Å². The number of hydrogen-bond donors (Lipinski definition) is 0. The highest BCUT2D eigenvalue weighted by Gasteiger charge is 2.23. The van der Waals surface area contributed by atoms with E-state index in [4.69, 9.17) is 11.6 Å². The number of nitrogens with zero attached hydrogens (tertiary/aromatic N) is 2. The second-order valence-electron chi connectivity index (χ2n) is 3.92. The summed E-state index contributed by atoms with van der Waals surface area (Å²) in [7, 11) is 0. The van der Waals surface area contributed by atoms with Crippen LogP contribution in [-0.4, -0.2) is 53.8 Å². The summed E-state index contributed by atoms with van der Waals surface area (Å²) in [6.45, 7) is 4.52. The van der Waals surface area contributed by atoms with Gasteiger partial charge in [-0.3, -0.25) is 9.69 Å². The third-order valence-corrected chi connectivity index (χ3v) is 4.56. The predicted octanol–water partition coefficient (Wildman–Crippen LogP) is 2.55. The predicted molar refractivity (Wildman–Crippen MR) is 75.5 cm³/mol. The number of rotatable bonds is 3. The molecule has 0 saturated carbocycles. The number of piperazine rings is 1. The summed E-state index contributed by atoms with van der Waals surface area (Å²) in [5.74, 6) is 0.0727. The summed E-state index contributed by atoms with van der Waals surface area (Å²) in [4.78, 5) is 17.1. The Kier molecular flexibility index (Phi) is 4.85. The fourth-order valence-corrected chi connectivity index (χ4v) is 3.49. The molecule has 1 fully saturated rings. The molecule has 0 bridgehead atoms. The van der Waals surface area contributed by atoms with Gasteiger partial charge in [0.2, 0.25) is 0 Å². The van der Waals surface area contributed by atoms with Gasteiger partial charge in [0.15, 0.2) is 0 Å². The first-order valence-electron chi connectivity index (χ1n) is 5.53. The molecule has 1 aliphatic rings. The number of thiophene rings is 1. The number of alkyl halides is 1. The van der Waals surface area contributed by atoms with Crippen molar-refractivity contribution in [3.05, 3.63) is 21.3 Å². The van der Waals surface area contributed by atoms with Crippen LogP contribution in [0.25, 0.3) is 0 Å². The van der Waals surface area contributed by atoms with Crippen LogP contribution in [0.4, 0.5) is 0 Å². The number of carbonyl (C=O) groups excluding carboxylic acids is 1. The Morgan fingerprint density at radius 2 is 2.12 bits per heavy atom. The molecule has 94 valence electrons. The fourth-order valence-electron chi connectivity index (χ4n) is 1.88. The van der Waals surface area contributed by atoms with Crippen LogP contribution in [0.5, 0.6) is 0 Å². The van der Waals surface area contributed by atoms with Gasteiger partial charge < -0.3 is 4.90 Å². The maximum atomic E-state index is 12.2. The van der Waals surface area contributed by atoms with E-state index in [1.54, 1.807) is 6.07 Å². The zero-order valence-corrected chi connectivity index (χ0v) is 12.5. The second-order valence-corrected chi connectivity index (χ2v) is 6.04. The molecule has 17 heavy (non-hydrogen) atoms. The van der Waals surface area contributed by atoms with Gasteiger partial charge in [-0.05, 0) is 11.4 Å². The summed E-state index contributed by atoms with van der Waals surface area (Å²) in [6, 6.07) is 1.78. The van der Waals surface area contributed by atoms with Crippen LogP contribution in [-0.2, 0) is 0 Å². The molecule has 0 aromatic carbocycles. The lowest BCUT2D eigenvalue weighted by Crippen LogP contribution is -2.48. The van der Waals surface area contributed by atoms with E-state index in [-0.39, 0.29) is 5.91 Å². The molecule has 0 spiro atoms. The molecule has 3 nitrogen and oxygen atoms in total. The van der Waals surface area contributed by atoms with Gasteiger partial charge in [-0.1, -0.05) is 27.5 Å². The van der Waals surface area contributed by atoms with E-state index in [0.29, 0.717) is 9.90 Å². The first-order chi connectivity index (χ1) is 8.22. The van der Waals surface area contributed by atoms with Crippen LogP contribution in [0.2, 0.25) is 5.02 Å². The maximum Gasteiger partial charge on any atom is 0.265 e. The average Bonchev–Trinajstić information content (AvgIpc) is 2.76. The molecule has 1 aliphatic heterocycles. The minimum Gasteiger partial charge on any atom is -0.335 e. The third-order valence-electron chi connectivity index (χ3n) is 2.87. The van der Waals surface area contributed by atoms with Crippen LogP contribution in [0.15, 0.2) is 11.4 Å². The summed E-state index contributed by atoms with van der Waals surface area (Å²) in [6.07, 6.45) is 0. The number of amides is 1. The van der Waals surface area contributed by atoms with Crippen molar-refractivity contribution in [2.24, 2.45) is 0 Å². The summed E-state index contributed by atoms with van der Waals surface area (Å²) in [5.41, 5.74) is 0. The van der Waals surface area contributed by atoms with E-state index < -0.39 is 0 Å². The average molecular weight is 338 g/mol. The minimum absolute atomic E-state index is 0.0727. The lowest BCUT2D eigenvalue weighted by atomic mass is 10.3. The molecule has 1 saturated heterocycles. The van der Waals surface area contributed by atoms with E-state index in [0.717, 1.165) is 38.1 Å². The molecular weight excluding hydrogens is 324 g/mol. The SMILES string of the molecule is O=C(c1sccc1Cl)N1CCN(CCBr)CC1. The molecule has 0 aliphatic carbocycles. The fraction of sp³-hybridized carbons (Fsp3) is 0.545. The molecule has 0 N–H and O–H groups in total. The first kappa shape index (κ1) is 13.3. The van der Waals surface area contributed by atoms with Crippen LogP contribution in [0, 0.1) is 0 Å². The van der Waals surface area contributed by atoms with Crippen molar-refractivity contribution in [1.29, 1.82) is 0 Å². The van der Waals surface area contributed by atoms with Gasteiger partial charge in [0.1, 0.15) is 4.88 Å². The monoisotopic (exact) mass is 336 g/mol. The molecule has 2 heterocycles. The highest BCUT2D eigenvalue weighted by atomic mass is 79.9. The zero-order valence-electron chi connectivity index (χ0n) is 9.36. The molecule has 1 amide bonds. The molecule has 0 radical (unpaired) electrons. The van der Waals surface area contributed by atoms with Gasteiger partial charge in [-0.25, -0.2) is 0 Å². The molecule has 0 unspecified atom stereocenters. The first-order valence-corrected chi connectivity index (χ1v) is 7.91. The standard InChI is InChI=1S/C11H14BrClN2OS/c12-2-3-14-4-6-15(7-5-14)11(16)10-9(13)1-8-17-10/h1,8H,2-7H2. The van der Waals surface area contributed by atoms with Gasteiger partial charge in [0, 0.05) is 38.1 Å². The van der Waals surface area contributed by atoms with E-state index in [1.807, 2.05) is 10.3 Å². The number of carbonyl (C=O) groups is 1. The van der Waals surface area contributed by atoms with Crippen molar-refractivity contribution in [1.82, 2.24) is 9.80 Å². The number of halogens is 2. The van der Waals surface area contributed by atoms with Crippen molar-refractivity contribution in [2.75, 3.05) is 38.1 Å². The Morgan fingerprint density at radius 1 is 1.41 bits per heavy atom. The highest BCUT2D eigenvalue weighted by molar-refractivity contribution is 9.09. The van der Waals surface area contributed by atoms with Crippen LogP contribution in [0.1, 0.15) is 9.67 Å². The Hall–Kier alpha value is -0.100. The quantitative estimate of drug-likeness (QED) is 0.792. The van der Waals surface area contributed by atoms with Gasteiger partial charge in [0.25, 0.3) is 5.91 Å². The largest absolute Gasteiger partial charge is 0.335 e. The summed E-state index contributed by atoms with van der Waals surface area (Å²) < 4.78 is 0. The van der Waals surface area contributed by atoms with E-state index in [2.05, 4.69) is 20.8 Å². The van der Waals surface area contributed by atoms with E-state index in [1.165, 1.54) is 11.3 Å². The molecule has 2 rings (SSSR count). The maximum absolute atomic E-state index is 12.2. The normalized spacial score (nSPS) is 17.4. The number of hydrogen-bond acceptors (Lipinski definition) is 3. The lowest BCUT2D eigenvalue weighted by Gasteiger charge is -2.34. The molecule has 1 aromatic heterocycles. The van der Waals surface area contributed by atoms with Gasteiger partial charge in [-0.15, -0.1) is 11.3 Å². The van der Waals surface area contributed by atoms with Crippen molar-refractivity contribution in [3.63, 3.8) is 0 Å². The van der Waals surface area contributed by atoms with Crippen LogP contribution < -0.4 is 0 Å². The van der Waals surface area contributed by atoms with Crippen LogP contribution in [0.3, 0.4) is 0 Å². The van der Waals surface area contributed by atoms with Gasteiger partial charge >= 0.3 is 0 Å². The third kappa shape index (κ3) is 3.22. The van der Waals surface area contributed by atoms with E-state index in [9.17, 15) is 4.79 Å². The topological polar surface area (TPSA) is 23.6 Å². The summed E-state index contributed by atoms with van der Waals surface area (Å²) >= 11 is 10.8. The van der Waals surface area contributed by atoms with Gasteiger partial charge in [-0.2, -0.15) is 0 Å². The second kappa shape index (κ2) is 6.18. The summed E-state index contributed by atoms with van der Waals surface area (Å²) in [5, 5.41) is 3.41. The molecule has 0 atom stereocenters.